The lowest BCUT2D eigenvalue weighted by molar-refractivity contribution is 0.184. The van der Waals surface area contributed by atoms with Crippen molar-refractivity contribution in [3.63, 3.8) is 0 Å². The lowest BCUT2D eigenvalue weighted by Gasteiger charge is -2.26. The SMILES string of the molecule is COCc1ccc(C2CCC(C=CCl)CC2)nc1. The third-order valence-corrected chi connectivity index (χ3v) is 3.84. The molecule has 0 radical (unpaired) electrons. The smallest absolute Gasteiger partial charge is 0.0728 e. The number of pyridine rings is 1. The number of allylic oxidation sites excluding steroid dienone is 1. The molecule has 1 aromatic rings. The summed E-state index contributed by atoms with van der Waals surface area (Å²) >= 11 is 5.63. The van der Waals surface area contributed by atoms with Crippen molar-refractivity contribution in [2.24, 2.45) is 5.92 Å². The van der Waals surface area contributed by atoms with Gasteiger partial charge in [0.05, 0.1) is 6.61 Å². The van der Waals surface area contributed by atoms with Crippen molar-refractivity contribution in [1.82, 2.24) is 4.98 Å². The van der Waals surface area contributed by atoms with Crippen molar-refractivity contribution in [1.29, 1.82) is 0 Å². The molecular formula is C15H20ClNO. The predicted octanol–water partition coefficient (Wildman–Crippen LogP) is 4.25. The highest BCUT2D eigenvalue weighted by Crippen LogP contribution is 2.35. The fourth-order valence-electron chi connectivity index (χ4n) is 2.64. The Morgan fingerprint density at radius 2 is 2.11 bits per heavy atom. The van der Waals surface area contributed by atoms with Gasteiger partial charge in [-0.1, -0.05) is 23.7 Å². The van der Waals surface area contributed by atoms with Crippen molar-refractivity contribution in [2.45, 2.75) is 38.2 Å². The van der Waals surface area contributed by atoms with Gasteiger partial charge in [-0.15, -0.1) is 0 Å². The highest BCUT2D eigenvalue weighted by atomic mass is 35.5. The molecule has 1 aromatic heterocycles. The second-order valence-corrected chi connectivity index (χ2v) is 5.21. The summed E-state index contributed by atoms with van der Waals surface area (Å²) in [7, 11) is 1.71. The number of aromatic nitrogens is 1. The number of halogens is 1. The molecule has 0 N–H and O–H groups in total. The average molecular weight is 266 g/mol. The van der Waals surface area contributed by atoms with Gasteiger partial charge in [-0.25, -0.2) is 0 Å². The first kappa shape index (κ1) is 13.6. The molecule has 18 heavy (non-hydrogen) atoms. The Bertz CT molecular complexity index is 380. The molecule has 1 fully saturated rings. The molecule has 0 amide bonds. The zero-order valence-corrected chi connectivity index (χ0v) is 11.6. The van der Waals surface area contributed by atoms with Crippen LogP contribution in [-0.4, -0.2) is 12.1 Å². The maximum atomic E-state index is 5.63. The van der Waals surface area contributed by atoms with E-state index in [-0.39, 0.29) is 0 Å². The van der Waals surface area contributed by atoms with Crippen LogP contribution in [0.1, 0.15) is 42.9 Å². The molecule has 1 saturated carbocycles. The van der Waals surface area contributed by atoms with Gasteiger partial charge in [0, 0.05) is 30.5 Å². The van der Waals surface area contributed by atoms with Crippen molar-refractivity contribution >= 4 is 11.6 Å². The van der Waals surface area contributed by atoms with Crippen LogP contribution in [0.3, 0.4) is 0 Å². The second kappa shape index (κ2) is 6.91. The Kier molecular flexibility index (Phi) is 5.21. The summed E-state index contributed by atoms with van der Waals surface area (Å²) in [5, 5.41) is 0. The molecule has 2 rings (SSSR count). The third-order valence-electron chi connectivity index (χ3n) is 3.69. The molecule has 1 aliphatic rings. The molecular weight excluding hydrogens is 246 g/mol. The van der Waals surface area contributed by atoms with E-state index in [0.717, 1.165) is 5.56 Å². The van der Waals surface area contributed by atoms with Gasteiger partial charge < -0.3 is 4.74 Å². The van der Waals surface area contributed by atoms with Gasteiger partial charge in [0.1, 0.15) is 0 Å². The predicted molar refractivity (Wildman–Crippen MR) is 74.6 cm³/mol. The van der Waals surface area contributed by atoms with Crippen LogP contribution in [0.4, 0.5) is 0 Å². The van der Waals surface area contributed by atoms with E-state index in [1.54, 1.807) is 12.6 Å². The molecule has 3 heteroatoms. The van der Waals surface area contributed by atoms with Crippen LogP contribution in [0.5, 0.6) is 0 Å². The van der Waals surface area contributed by atoms with Crippen LogP contribution in [-0.2, 0) is 11.3 Å². The van der Waals surface area contributed by atoms with E-state index >= 15 is 0 Å². The summed E-state index contributed by atoms with van der Waals surface area (Å²) in [6.45, 7) is 0.639. The second-order valence-electron chi connectivity index (χ2n) is 4.95. The average Bonchev–Trinajstić information content (AvgIpc) is 2.41. The van der Waals surface area contributed by atoms with Gasteiger partial charge in [0.15, 0.2) is 0 Å². The zero-order valence-electron chi connectivity index (χ0n) is 10.8. The Labute approximate surface area is 114 Å². The standard InChI is InChI=1S/C15H20ClNO/c1-18-11-13-4-7-15(17-10-13)14-5-2-12(3-6-14)8-9-16/h4,7-10,12,14H,2-3,5-6,11H2,1H3. The Balaban J connectivity index is 1.92. The molecule has 98 valence electrons. The van der Waals surface area contributed by atoms with Crippen molar-refractivity contribution < 1.29 is 4.74 Å². The van der Waals surface area contributed by atoms with E-state index in [0.29, 0.717) is 18.4 Å². The summed E-state index contributed by atoms with van der Waals surface area (Å²) in [5.74, 6) is 1.27. The number of rotatable bonds is 4. The molecule has 1 aliphatic carbocycles. The monoisotopic (exact) mass is 265 g/mol. The Hall–Kier alpha value is -0.860. The third kappa shape index (κ3) is 3.56. The lowest BCUT2D eigenvalue weighted by Crippen LogP contribution is -2.12. The Morgan fingerprint density at radius 1 is 1.33 bits per heavy atom. The topological polar surface area (TPSA) is 22.1 Å². The maximum Gasteiger partial charge on any atom is 0.0728 e. The summed E-state index contributed by atoms with van der Waals surface area (Å²) in [5.41, 5.74) is 4.02. The molecule has 0 bridgehead atoms. The van der Waals surface area contributed by atoms with E-state index in [1.165, 1.54) is 31.4 Å². The highest BCUT2D eigenvalue weighted by molar-refractivity contribution is 6.25. The van der Waals surface area contributed by atoms with Crippen LogP contribution >= 0.6 is 11.6 Å². The quantitative estimate of drug-likeness (QED) is 0.812. The van der Waals surface area contributed by atoms with Gasteiger partial charge >= 0.3 is 0 Å². The number of methoxy groups -OCH3 is 1. The molecule has 2 nitrogen and oxygen atoms in total. The van der Waals surface area contributed by atoms with Crippen LogP contribution < -0.4 is 0 Å². The Morgan fingerprint density at radius 3 is 2.67 bits per heavy atom. The molecule has 0 spiro atoms. The molecule has 1 heterocycles. The fourth-order valence-corrected chi connectivity index (χ4v) is 2.85. The first-order chi connectivity index (χ1) is 8.83. The van der Waals surface area contributed by atoms with Gasteiger partial charge in [-0.05, 0) is 43.2 Å². The minimum atomic E-state index is 0.613. The largest absolute Gasteiger partial charge is 0.380 e. The van der Waals surface area contributed by atoms with E-state index in [9.17, 15) is 0 Å². The molecule has 0 aromatic carbocycles. The van der Waals surface area contributed by atoms with Gasteiger partial charge in [-0.3, -0.25) is 4.98 Å². The van der Waals surface area contributed by atoms with Gasteiger partial charge in [0.2, 0.25) is 0 Å². The summed E-state index contributed by atoms with van der Waals surface area (Å²) < 4.78 is 5.09. The van der Waals surface area contributed by atoms with Crippen LogP contribution in [0.2, 0.25) is 0 Å². The van der Waals surface area contributed by atoms with Crippen molar-refractivity contribution in [3.05, 3.63) is 41.2 Å². The summed E-state index contributed by atoms with van der Waals surface area (Å²) in [4.78, 5) is 4.57. The number of hydrogen-bond acceptors (Lipinski definition) is 2. The lowest BCUT2D eigenvalue weighted by atomic mass is 9.80. The van der Waals surface area contributed by atoms with Gasteiger partial charge in [0.25, 0.3) is 0 Å². The minimum absolute atomic E-state index is 0.613. The van der Waals surface area contributed by atoms with E-state index in [2.05, 4.69) is 23.2 Å². The number of hydrogen-bond donors (Lipinski definition) is 0. The minimum Gasteiger partial charge on any atom is -0.380 e. The van der Waals surface area contributed by atoms with Gasteiger partial charge in [-0.2, -0.15) is 0 Å². The normalized spacial score (nSPS) is 24.6. The summed E-state index contributed by atoms with van der Waals surface area (Å²) in [6, 6.07) is 4.27. The van der Waals surface area contributed by atoms with Crippen LogP contribution in [0, 0.1) is 5.92 Å². The van der Waals surface area contributed by atoms with Crippen molar-refractivity contribution in [2.75, 3.05) is 7.11 Å². The first-order valence-corrected chi connectivity index (χ1v) is 6.97. The van der Waals surface area contributed by atoms with E-state index in [4.69, 9.17) is 16.3 Å². The van der Waals surface area contributed by atoms with Crippen LogP contribution in [0.25, 0.3) is 0 Å². The first-order valence-electron chi connectivity index (χ1n) is 6.54. The fraction of sp³-hybridized carbons (Fsp3) is 0.533. The number of nitrogens with zero attached hydrogens (tertiary/aromatic N) is 1. The van der Waals surface area contributed by atoms with E-state index in [1.807, 2.05) is 6.20 Å². The highest BCUT2D eigenvalue weighted by Gasteiger charge is 2.21. The number of ether oxygens (including phenoxy) is 1. The maximum absolute atomic E-state index is 5.63. The molecule has 0 aliphatic heterocycles. The molecule has 0 saturated heterocycles. The van der Waals surface area contributed by atoms with E-state index < -0.39 is 0 Å². The molecule has 0 atom stereocenters. The summed E-state index contributed by atoms with van der Waals surface area (Å²) in [6.07, 6.45) is 8.91. The zero-order chi connectivity index (χ0) is 12.8. The molecule has 0 unspecified atom stereocenters. The van der Waals surface area contributed by atoms with Crippen LogP contribution in [0.15, 0.2) is 29.9 Å². The van der Waals surface area contributed by atoms with Crippen molar-refractivity contribution in [3.8, 4) is 0 Å².